The molecule has 0 bridgehead atoms. The second-order valence-electron chi connectivity index (χ2n) is 8.74. The van der Waals surface area contributed by atoms with Crippen molar-refractivity contribution in [2.75, 3.05) is 6.61 Å². The van der Waals surface area contributed by atoms with Crippen LogP contribution >= 0.6 is 0 Å². The molecule has 0 radical (unpaired) electrons. The first-order valence-electron chi connectivity index (χ1n) is 10.6. The van der Waals surface area contributed by atoms with Gasteiger partial charge in [-0.1, -0.05) is 45.5 Å². The summed E-state index contributed by atoms with van der Waals surface area (Å²) >= 11 is 0. The van der Waals surface area contributed by atoms with Crippen molar-refractivity contribution in [1.29, 1.82) is 0 Å². The van der Waals surface area contributed by atoms with E-state index in [1.807, 2.05) is 31.2 Å². The maximum atomic E-state index is 13.3. The Labute approximate surface area is 179 Å². The summed E-state index contributed by atoms with van der Waals surface area (Å²) in [7, 11) is 0. The lowest BCUT2D eigenvalue weighted by molar-refractivity contribution is 0.0887. The third-order valence-electron chi connectivity index (χ3n) is 5.97. The van der Waals surface area contributed by atoms with Crippen molar-refractivity contribution in [1.82, 2.24) is 10.6 Å². The van der Waals surface area contributed by atoms with Crippen molar-refractivity contribution >= 4 is 5.91 Å². The van der Waals surface area contributed by atoms with Crippen LogP contribution in [0.1, 0.15) is 65.8 Å². The number of nitrogens with two attached hydrogens (primary N) is 1. The minimum Gasteiger partial charge on any atom is -0.493 e. The minimum absolute atomic E-state index is 0.0874. The Morgan fingerprint density at radius 2 is 2.03 bits per heavy atom. The standard InChI is InChI=1S/C25H33N3O2/c1-6-18-8-10-22-21(13-18)23(25(4,5)11-12-30-22)28-24(29)19-9-7-16(2)20(14-19)15-27-17(3)26/h7-10,13-14,23,27H,3,6,11-12,15,26H2,1-2,4-5H3,(H,28,29). The minimum atomic E-state index is -0.139. The van der Waals surface area contributed by atoms with E-state index in [0.717, 1.165) is 35.3 Å². The number of fused-ring (bicyclic) bond motifs is 1. The molecule has 1 heterocycles. The van der Waals surface area contributed by atoms with Gasteiger partial charge in [-0.25, -0.2) is 0 Å². The zero-order chi connectivity index (χ0) is 21.9. The normalized spacial score (nSPS) is 17.3. The van der Waals surface area contributed by atoms with Gasteiger partial charge in [0.25, 0.3) is 5.91 Å². The monoisotopic (exact) mass is 407 g/mol. The van der Waals surface area contributed by atoms with Gasteiger partial charge in [0.05, 0.1) is 18.5 Å². The molecule has 0 saturated heterocycles. The molecule has 160 valence electrons. The summed E-state index contributed by atoms with van der Waals surface area (Å²) in [6.07, 6.45) is 1.80. The number of ether oxygens (including phenoxy) is 1. The molecule has 1 amide bonds. The third-order valence-corrected chi connectivity index (χ3v) is 5.97. The highest BCUT2D eigenvalue weighted by Crippen LogP contribution is 2.43. The van der Waals surface area contributed by atoms with Gasteiger partial charge in [0.15, 0.2) is 0 Å². The molecule has 1 atom stereocenters. The molecule has 2 aromatic rings. The van der Waals surface area contributed by atoms with E-state index in [4.69, 9.17) is 10.5 Å². The number of amides is 1. The van der Waals surface area contributed by atoms with Crippen LogP contribution in [-0.4, -0.2) is 12.5 Å². The van der Waals surface area contributed by atoms with Crippen LogP contribution in [0.2, 0.25) is 0 Å². The largest absolute Gasteiger partial charge is 0.493 e. The van der Waals surface area contributed by atoms with E-state index in [2.05, 4.69) is 50.1 Å². The molecular formula is C25H33N3O2. The molecule has 3 rings (SSSR count). The lowest BCUT2D eigenvalue weighted by Crippen LogP contribution is -2.38. The Bertz CT molecular complexity index is 949. The number of hydrogen-bond acceptors (Lipinski definition) is 4. The van der Waals surface area contributed by atoms with E-state index in [9.17, 15) is 4.79 Å². The number of aryl methyl sites for hydroxylation is 2. The molecule has 0 aliphatic carbocycles. The van der Waals surface area contributed by atoms with Gasteiger partial charge in [-0.2, -0.15) is 0 Å². The SMILES string of the molecule is C=C(N)NCc1cc(C(=O)NC2c3cc(CC)ccc3OCCC2(C)C)ccc1C. The number of benzene rings is 2. The molecule has 1 unspecified atom stereocenters. The highest BCUT2D eigenvalue weighted by atomic mass is 16.5. The van der Waals surface area contributed by atoms with Gasteiger partial charge in [-0.3, -0.25) is 4.79 Å². The Balaban J connectivity index is 1.91. The van der Waals surface area contributed by atoms with Crippen LogP contribution in [0.25, 0.3) is 0 Å². The molecular weight excluding hydrogens is 374 g/mol. The van der Waals surface area contributed by atoms with Crippen molar-refractivity contribution < 1.29 is 9.53 Å². The molecule has 0 saturated carbocycles. The van der Waals surface area contributed by atoms with Gasteiger partial charge >= 0.3 is 0 Å². The summed E-state index contributed by atoms with van der Waals surface area (Å²) in [5.41, 5.74) is 10.5. The van der Waals surface area contributed by atoms with E-state index in [-0.39, 0.29) is 17.4 Å². The molecule has 0 aromatic heterocycles. The van der Waals surface area contributed by atoms with Crippen molar-refractivity contribution in [3.05, 3.63) is 76.6 Å². The van der Waals surface area contributed by atoms with E-state index < -0.39 is 0 Å². The third kappa shape index (κ3) is 4.78. The van der Waals surface area contributed by atoms with Crippen LogP contribution in [-0.2, 0) is 13.0 Å². The summed E-state index contributed by atoms with van der Waals surface area (Å²) in [4.78, 5) is 13.3. The first-order valence-corrected chi connectivity index (χ1v) is 10.6. The predicted molar refractivity (Wildman–Crippen MR) is 121 cm³/mol. The molecule has 2 aromatic carbocycles. The van der Waals surface area contributed by atoms with Gasteiger partial charge in [-0.15, -0.1) is 0 Å². The Kier molecular flexibility index (Phi) is 6.40. The number of carbonyl (C=O) groups is 1. The fraction of sp³-hybridized carbons (Fsp3) is 0.400. The van der Waals surface area contributed by atoms with Crippen molar-refractivity contribution in [2.45, 2.75) is 53.1 Å². The van der Waals surface area contributed by atoms with Crippen molar-refractivity contribution in [2.24, 2.45) is 11.1 Å². The zero-order valence-corrected chi connectivity index (χ0v) is 18.5. The number of carbonyl (C=O) groups excluding carboxylic acids is 1. The average molecular weight is 408 g/mol. The van der Waals surface area contributed by atoms with E-state index >= 15 is 0 Å². The number of nitrogens with one attached hydrogen (secondary N) is 2. The fourth-order valence-electron chi connectivity index (χ4n) is 3.86. The van der Waals surface area contributed by atoms with E-state index in [0.29, 0.717) is 24.5 Å². The van der Waals surface area contributed by atoms with Crippen LogP contribution in [0, 0.1) is 12.3 Å². The van der Waals surface area contributed by atoms with Crippen LogP contribution in [0.3, 0.4) is 0 Å². The Morgan fingerprint density at radius 1 is 1.27 bits per heavy atom. The van der Waals surface area contributed by atoms with Crippen LogP contribution in [0.4, 0.5) is 0 Å². The summed E-state index contributed by atoms with van der Waals surface area (Å²) in [6.45, 7) is 13.4. The highest BCUT2D eigenvalue weighted by Gasteiger charge is 2.36. The Hall–Kier alpha value is -2.95. The van der Waals surface area contributed by atoms with Gasteiger partial charge < -0.3 is 21.1 Å². The molecule has 5 nitrogen and oxygen atoms in total. The summed E-state index contributed by atoms with van der Waals surface area (Å²) in [5.74, 6) is 1.18. The topological polar surface area (TPSA) is 76.4 Å². The van der Waals surface area contributed by atoms with Gasteiger partial charge in [0.1, 0.15) is 5.75 Å². The predicted octanol–water partition coefficient (Wildman–Crippen LogP) is 4.36. The maximum absolute atomic E-state index is 13.3. The Morgan fingerprint density at radius 3 is 2.73 bits per heavy atom. The second kappa shape index (κ2) is 8.82. The van der Waals surface area contributed by atoms with Gasteiger partial charge in [0, 0.05) is 17.7 Å². The van der Waals surface area contributed by atoms with Gasteiger partial charge in [-0.05, 0) is 60.1 Å². The average Bonchev–Trinajstić information content (AvgIpc) is 2.82. The summed E-state index contributed by atoms with van der Waals surface area (Å²) < 4.78 is 6.01. The number of hydrogen-bond donors (Lipinski definition) is 3. The van der Waals surface area contributed by atoms with E-state index in [1.54, 1.807) is 0 Å². The molecule has 0 spiro atoms. The fourth-order valence-corrected chi connectivity index (χ4v) is 3.86. The lowest BCUT2D eigenvalue weighted by atomic mass is 9.78. The molecule has 5 heteroatoms. The van der Waals surface area contributed by atoms with Gasteiger partial charge in [0.2, 0.25) is 0 Å². The van der Waals surface area contributed by atoms with E-state index in [1.165, 1.54) is 5.56 Å². The van der Waals surface area contributed by atoms with Crippen molar-refractivity contribution in [3.8, 4) is 5.75 Å². The maximum Gasteiger partial charge on any atom is 0.251 e. The molecule has 1 aliphatic rings. The quantitative estimate of drug-likeness (QED) is 0.665. The van der Waals surface area contributed by atoms with Crippen molar-refractivity contribution in [3.63, 3.8) is 0 Å². The van der Waals surface area contributed by atoms with Crippen LogP contribution < -0.4 is 21.1 Å². The highest BCUT2D eigenvalue weighted by molar-refractivity contribution is 5.94. The molecule has 4 N–H and O–H groups in total. The molecule has 1 aliphatic heterocycles. The smallest absolute Gasteiger partial charge is 0.251 e. The summed E-state index contributed by atoms with van der Waals surface area (Å²) in [5, 5.41) is 6.34. The lowest BCUT2D eigenvalue weighted by Gasteiger charge is -2.33. The zero-order valence-electron chi connectivity index (χ0n) is 18.5. The van der Waals surface area contributed by atoms with Crippen LogP contribution in [0.15, 0.2) is 48.8 Å². The first-order chi connectivity index (χ1) is 14.2. The summed E-state index contributed by atoms with van der Waals surface area (Å²) in [6, 6.07) is 11.9. The number of rotatable bonds is 6. The second-order valence-corrected chi connectivity index (χ2v) is 8.74. The molecule has 30 heavy (non-hydrogen) atoms. The van der Waals surface area contributed by atoms with Crippen LogP contribution in [0.5, 0.6) is 5.75 Å². The molecule has 0 fully saturated rings. The first kappa shape index (κ1) is 21.8.